The standard InChI is InChI=1S/C24H28Cl3FO4/c1-20(2)31-19-9-13-14-8-16(28)15-7-12(29)5-6-21(15,3)23(14,27)17(26)10-22(13,4)24(19,32-20)18(30)11-25/h5-7,13-14,16-17,19H,8-11H2,1-4H3. The number of alkyl halides is 4. The number of Topliss-reactive ketones (excluding diaryl/α,β-unsaturated/α-hetero) is 1. The molecule has 5 rings (SSSR count). The Morgan fingerprint density at radius 3 is 2.56 bits per heavy atom. The summed E-state index contributed by atoms with van der Waals surface area (Å²) in [6, 6.07) is 0. The molecule has 1 saturated heterocycles. The summed E-state index contributed by atoms with van der Waals surface area (Å²) in [5.74, 6) is -2.12. The summed E-state index contributed by atoms with van der Waals surface area (Å²) >= 11 is 20.7. The van der Waals surface area contributed by atoms with Gasteiger partial charge in [-0.05, 0) is 62.7 Å². The fourth-order valence-corrected chi connectivity index (χ4v) is 9.23. The molecule has 0 N–H and O–H groups in total. The highest BCUT2D eigenvalue weighted by molar-refractivity contribution is 6.34. The van der Waals surface area contributed by atoms with E-state index >= 15 is 4.39 Å². The summed E-state index contributed by atoms with van der Waals surface area (Å²) in [4.78, 5) is 24.4. The quantitative estimate of drug-likeness (QED) is 0.488. The third-order valence-electron chi connectivity index (χ3n) is 9.11. The van der Waals surface area contributed by atoms with E-state index in [1.54, 1.807) is 19.9 Å². The van der Waals surface area contributed by atoms with Crippen molar-refractivity contribution in [3.63, 3.8) is 0 Å². The fourth-order valence-electron chi connectivity index (χ4n) is 7.84. The van der Waals surface area contributed by atoms with Gasteiger partial charge in [0.15, 0.2) is 23.0 Å². The smallest absolute Gasteiger partial charge is 0.182 e. The topological polar surface area (TPSA) is 52.6 Å². The molecular weight excluding hydrogens is 478 g/mol. The lowest BCUT2D eigenvalue weighted by Crippen LogP contribution is -2.69. The van der Waals surface area contributed by atoms with E-state index in [2.05, 4.69) is 0 Å². The predicted molar refractivity (Wildman–Crippen MR) is 121 cm³/mol. The Labute approximate surface area is 202 Å². The minimum Gasteiger partial charge on any atom is -0.344 e. The van der Waals surface area contributed by atoms with Crippen molar-refractivity contribution in [3.05, 3.63) is 23.8 Å². The molecule has 8 heteroatoms. The number of ketones is 2. The molecule has 3 saturated carbocycles. The molecule has 1 heterocycles. The Bertz CT molecular complexity index is 965. The monoisotopic (exact) mass is 504 g/mol. The SMILES string of the molecule is CC1(C)OC2CC3C4CC(F)C5=CC(=O)C=CC5(C)C4(Cl)C(Cl)CC3(C)C2(C(=O)CCl)O1. The summed E-state index contributed by atoms with van der Waals surface area (Å²) in [6.07, 6.45) is 3.75. The van der Waals surface area contributed by atoms with E-state index in [9.17, 15) is 9.59 Å². The lowest BCUT2D eigenvalue weighted by Gasteiger charge is -2.64. The van der Waals surface area contributed by atoms with Gasteiger partial charge in [0.25, 0.3) is 0 Å². The molecule has 4 aliphatic carbocycles. The summed E-state index contributed by atoms with van der Waals surface area (Å²) in [7, 11) is 0. The zero-order valence-electron chi connectivity index (χ0n) is 18.6. The van der Waals surface area contributed by atoms with Gasteiger partial charge in [0, 0.05) is 10.8 Å². The summed E-state index contributed by atoms with van der Waals surface area (Å²) < 4.78 is 28.2. The Morgan fingerprint density at radius 1 is 1.22 bits per heavy atom. The van der Waals surface area contributed by atoms with Gasteiger partial charge in [-0.25, -0.2) is 4.39 Å². The van der Waals surface area contributed by atoms with Crippen molar-refractivity contribution in [2.75, 3.05) is 5.88 Å². The first kappa shape index (κ1) is 23.3. The van der Waals surface area contributed by atoms with Crippen molar-refractivity contribution in [1.29, 1.82) is 0 Å². The minimum absolute atomic E-state index is 0.136. The van der Waals surface area contributed by atoms with Gasteiger partial charge in [0.05, 0.1) is 22.2 Å². The Morgan fingerprint density at radius 2 is 1.91 bits per heavy atom. The molecule has 0 amide bonds. The van der Waals surface area contributed by atoms with Crippen LogP contribution >= 0.6 is 34.8 Å². The lowest BCUT2D eigenvalue weighted by molar-refractivity contribution is -0.211. The van der Waals surface area contributed by atoms with Crippen molar-refractivity contribution in [2.24, 2.45) is 22.7 Å². The Hall–Kier alpha value is -0.460. The maximum atomic E-state index is 15.6. The van der Waals surface area contributed by atoms with Crippen molar-refractivity contribution < 1.29 is 23.5 Å². The van der Waals surface area contributed by atoms with Crippen LogP contribution in [0.5, 0.6) is 0 Å². The second-order valence-electron chi connectivity index (χ2n) is 10.9. The average Bonchev–Trinajstić information content (AvgIpc) is 3.11. The van der Waals surface area contributed by atoms with Gasteiger partial charge < -0.3 is 9.47 Å². The molecule has 32 heavy (non-hydrogen) atoms. The predicted octanol–water partition coefficient (Wildman–Crippen LogP) is 5.13. The van der Waals surface area contributed by atoms with Crippen LogP contribution in [0.15, 0.2) is 23.8 Å². The van der Waals surface area contributed by atoms with Gasteiger partial charge in [-0.3, -0.25) is 9.59 Å². The van der Waals surface area contributed by atoms with Gasteiger partial charge in [-0.15, -0.1) is 34.8 Å². The highest BCUT2D eigenvalue weighted by Crippen LogP contribution is 2.73. The van der Waals surface area contributed by atoms with E-state index in [1.807, 2.05) is 13.8 Å². The van der Waals surface area contributed by atoms with Gasteiger partial charge in [-0.2, -0.15) is 0 Å². The third kappa shape index (κ3) is 2.53. The van der Waals surface area contributed by atoms with E-state index in [0.29, 0.717) is 18.4 Å². The summed E-state index contributed by atoms with van der Waals surface area (Å²) in [6.45, 7) is 7.46. The minimum atomic E-state index is -1.32. The Balaban J connectivity index is 1.66. The third-order valence-corrected chi connectivity index (χ3v) is 10.9. The summed E-state index contributed by atoms with van der Waals surface area (Å²) in [5, 5.41) is -0.597. The number of halogens is 4. The van der Waals surface area contributed by atoms with Crippen LogP contribution in [-0.4, -0.2) is 51.4 Å². The van der Waals surface area contributed by atoms with Gasteiger partial charge in [0.1, 0.15) is 6.17 Å². The normalized spacial score (nSPS) is 53.2. The molecule has 176 valence electrons. The molecule has 4 nitrogen and oxygen atoms in total. The number of fused-ring (bicyclic) bond motifs is 7. The van der Waals surface area contributed by atoms with Gasteiger partial charge in [0.2, 0.25) is 0 Å². The molecular formula is C24H28Cl3FO4. The number of carbonyl (C=O) groups excluding carboxylic acids is 2. The first-order valence-electron chi connectivity index (χ1n) is 11.2. The number of hydrogen-bond acceptors (Lipinski definition) is 4. The molecule has 0 aromatic rings. The number of allylic oxidation sites excluding steroid dienone is 4. The molecule has 0 aromatic carbocycles. The molecule has 0 spiro atoms. The number of ether oxygens (including phenoxy) is 2. The van der Waals surface area contributed by atoms with Crippen LogP contribution < -0.4 is 0 Å². The van der Waals surface area contributed by atoms with Crippen molar-refractivity contribution in [3.8, 4) is 0 Å². The van der Waals surface area contributed by atoms with E-state index < -0.39 is 44.7 Å². The van der Waals surface area contributed by atoms with Crippen LogP contribution in [0.25, 0.3) is 0 Å². The Kier molecular flexibility index (Phi) is 4.96. The first-order valence-corrected chi connectivity index (χ1v) is 12.5. The molecule has 0 bridgehead atoms. The first-order chi connectivity index (χ1) is 14.8. The van der Waals surface area contributed by atoms with E-state index in [0.717, 1.165) is 0 Å². The maximum Gasteiger partial charge on any atom is 0.182 e. The van der Waals surface area contributed by atoms with Crippen molar-refractivity contribution >= 4 is 46.4 Å². The van der Waals surface area contributed by atoms with E-state index in [1.165, 1.54) is 12.2 Å². The van der Waals surface area contributed by atoms with Gasteiger partial charge in [-0.1, -0.05) is 19.9 Å². The zero-order valence-corrected chi connectivity index (χ0v) is 20.9. The average molecular weight is 506 g/mol. The highest BCUT2D eigenvalue weighted by Gasteiger charge is 2.79. The van der Waals surface area contributed by atoms with Crippen LogP contribution in [0, 0.1) is 22.7 Å². The van der Waals surface area contributed by atoms with Gasteiger partial charge >= 0.3 is 0 Å². The fraction of sp³-hybridized carbons (Fsp3) is 0.750. The largest absolute Gasteiger partial charge is 0.344 e. The van der Waals surface area contributed by atoms with Crippen LogP contribution in [0.2, 0.25) is 0 Å². The summed E-state index contributed by atoms with van der Waals surface area (Å²) in [5.41, 5.74) is -2.50. The second kappa shape index (κ2) is 6.81. The van der Waals surface area contributed by atoms with Crippen LogP contribution in [0.4, 0.5) is 4.39 Å². The van der Waals surface area contributed by atoms with E-state index in [4.69, 9.17) is 44.3 Å². The maximum absolute atomic E-state index is 15.6. The molecule has 9 unspecified atom stereocenters. The van der Waals surface area contributed by atoms with Crippen LogP contribution in [0.1, 0.15) is 47.0 Å². The number of hydrogen-bond donors (Lipinski definition) is 0. The highest BCUT2D eigenvalue weighted by atomic mass is 35.5. The van der Waals surface area contributed by atoms with Crippen molar-refractivity contribution in [1.82, 2.24) is 0 Å². The molecule has 5 aliphatic rings. The zero-order chi connectivity index (χ0) is 23.5. The van der Waals surface area contributed by atoms with Crippen LogP contribution in [-0.2, 0) is 19.1 Å². The van der Waals surface area contributed by atoms with Crippen molar-refractivity contribution in [2.45, 2.75) is 80.9 Å². The molecule has 1 aliphatic heterocycles. The number of rotatable bonds is 2. The lowest BCUT2D eigenvalue weighted by atomic mass is 9.46. The molecule has 0 aromatic heterocycles. The molecule has 0 radical (unpaired) electrons. The molecule has 4 fully saturated rings. The van der Waals surface area contributed by atoms with E-state index in [-0.39, 0.29) is 35.7 Å². The van der Waals surface area contributed by atoms with Crippen LogP contribution in [0.3, 0.4) is 0 Å². The molecule has 9 atom stereocenters. The second-order valence-corrected chi connectivity index (χ2v) is 12.4. The number of carbonyl (C=O) groups is 2.